The van der Waals surface area contributed by atoms with Crippen LogP contribution in [-0.2, 0) is 72.8 Å². The Labute approximate surface area is 509 Å². The van der Waals surface area contributed by atoms with Crippen LogP contribution in [-0.4, -0.2) is 117 Å². The van der Waals surface area contributed by atoms with Gasteiger partial charge in [0.15, 0.2) is 17.5 Å². The summed E-state index contributed by atoms with van der Waals surface area (Å²) in [4.78, 5) is 125. The number of aliphatic imine (C=N–C) groups is 1. The average Bonchev–Trinajstić information content (AvgIpc) is 3.52. The number of rotatable bonds is 17. The van der Waals surface area contributed by atoms with Crippen LogP contribution in [0.25, 0.3) is 0 Å². The SMILES string of the molecule is CCC(=O)O[C@@H](C(=O)O[C@H]1C[C@@]2(O)[C@@H](OC(=O)c3ccccc3)[C@@H]3[C@]4(OC(C)=O)CO[C@@H]4C[C@H](OC(=O)c4ccccc4COP(=O)(O)O)[C@@]3(C)C(=O)[C@H](OC(C)=O)C(=C1C)C2(C)C)[C@@H](N=C([O-])c1ccccc1)c1ccccc1.[K+]. The number of fused-ring (bicyclic) bond motifs is 5. The Morgan fingerprint density at radius 2 is 1.40 bits per heavy atom. The number of hydrogen-bond donors (Lipinski definition) is 3. The molecule has 4 aromatic rings. The summed E-state index contributed by atoms with van der Waals surface area (Å²) in [7, 11) is -5.07. The van der Waals surface area contributed by atoms with E-state index in [4.69, 9.17) is 37.7 Å². The molecule has 23 heteroatoms. The van der Waals surface area contributed by atoms with E-state index in [1.54, 1.807) is 66.7 Å². The maximum absolute atomic E-state index is 16.5. The van der Waals surface area contributed by atoms with Gasteiger partial charge >= 0.3 is 95.0 Å². The van der Waals surface area contributed by atoms with Crippen LogP contribution in [0.5, 0.6) is 0 Å². The largest absolute Gasteiger partial charge is 1.00 e. The fourth-order valence-corrected chi connectivity index (χ4v) is 12.1. The van der Waals surface area contributed by atoms with Crippen molar-refractivity contribution < 1.29 is 147 Å². The minimum Gasteiger partial charge on any atom is -0.858 e. The Morgan fingerprint density at radius 3 is 1.96 bits per heavy atom. The van der Waals surface area contributed by atoms with E-state index < -0.39 is 152 Å². The summed E-state index contributed by atoms with van der Waals surface area (Å²) < 4.78 is 60.0. The molecule has 4 aromatic carbocycles. The molecule has 11 atom stereocenters. The van der Waals surface area contributed by atoms with Gasteiger partial charge in [-0.25, -0.2) is 18.9 Å². The Balaban J connectivity index is 0.00000946. The van der Waals surface area contributed by atoms with Crippen LogP contribution >= 0.6 is 7.82 Å². The number of carbonyl (C=O) groups excluding carboxylic acids is 7. The van der Waals surface area contributed by atoms with Crippen molar-refractivity contribution in [3.63, 3.8) is 0 Å². The molecular formula is C58H61KNO20P. The molecule has 0 radical (unpaired) electrons. The Morgan fingerprint density at radius 1 is 0.802 bits per heavy atom. The number of benzene rings is 4. The van der Waals surface area contributed by atoms with Gasteiger partial charge in [0, 0.05) is 38.5 Å². The molecule has 2 saturated carbocycles. The summed E-state index contributed by atoms with van der Waals surface area (Å²) in [6.07, 6.45) is -12.0. The first kappa shape index (κ1) is 62.8. The van der Waals surface area contributed by atoms with E-state index in [-0.39, 0.29) is 96.8 Å². The third-order valence-corrected chi connectivity index (χ3v) is 16.2. The van der Waals surface area contributed by atoms with E-state index >= 15 is 9.59 Å². The molecule has 424 valence electrons. The first-order chi connectivity index (χ1) is 37.8. The van der Waals surface area contributed by atoms with Crippen molar-refractivity contribution in [3.05, 3.63) is 154 Å². The topological polar surface area (TPSA) is 307 Å². The number of Topliss-reactive ketones (excluding diaryl/α,β-unsaturated/α-hetero) is 1. The van der Waals surface area contributed by atoms with Gasteiger partial charge in [-0.2, -0.15) is 0 Å². The first-order valence-corrected chi connectivity index (χ1v) is 27.3. The van der Waals surface area contributed by atoms with Gasteiger partial charge in [0.25, 0.3) is 0 Å². The summed E-state index contributed by atoms with van der Waals surface area (Å²) in [6, 6.07) is 27.6. The van der Waals surface area contributed by atoms with E-state index in [1.165, 1.54) is 83.1 Å². The smallest absolute Gasteiger partial charge is 0.858 e. The van der Waals surface area contributed by atoms with Crippen molar-refractivity contribution in [3.8, 4) is 0 Å². The number of ether oxygens (including phenoxy) is 7. The number of aliphatic hydroxyl groups is 1. The zero-order chi connectivity index (χ0) is 58.1. The summed E-state index contributed by atoms with van der Waals surface area (Å²) in [5.74, 6) is -9.85. The van der Waals surface area contributed by atoms with Crippen LogP contribution in [0.1, 0.15) is 111 Å². The van der Waals surface area contributed by atoms with Crippen LogP contribution in [0.2, 0.25) is 0 Å². The quantitative estimate of drug-likeness (QED) is 0.0260. The summed E-state index contributed by atoms with van der Waals surface area (Å²) in [6.45, 7) is 8.14. The summed E-state index contributed by atoms with van der Waals surface area (Å²) in [5.41, 5.74) is -8.83. The molecular weight excluding hydrogens is 1100 g/mol. The molecule has 21 nitrogen and oxygen atoms in total. The Kier molecular flexibility index (Phi) is 19.4. The molecule has 0 amide bonds. The molecule has 1 saturated heterocycles. The minimum atomic E-state index is -5.07. The van der Waals surface area contributed by atoms with Crippen LogP contribution in [0.3, 0.4) is 0 Å². The van der Waals surface area contributed by atoms with Crippen LogP contribution in [0.4, 0.5) is 0 Å². The molecule has 0 unspecified atom stereocenters. The number of phosphoric acid groups is 1. The van der Waals surface area contributed by atoms with Crippen molar-refractivity contribution >= 4 is 55.3 Å². The maximum Gasteiger partial charge on any atom is 1.00 e. The molecule has 81 heavy (non-hydrogen) atoms. The molecule has 3 aliphatic carbocycles. The Bertz CT molecular complexity index is 3170. The third-order valence-electron chi connectivity index (χ3n) is 15.8. The number of ketones is 1. The predicted octanol–water partition coefficient (Wildman–Crippen LogP) is 2.55. The zero-order valence-corrected chi connectivity index (χ0v) is 49.8. The van der Waals surface area contributed by atoms with Crippen LogP contribution in [0.15, 0.2) is 131 Å². The van der Waals surface area contributed by atoms with E-state index in [0.717, 1.165) is 13.8 Å². The molecule has 0 aromatic heterocycles. The number of carbonyl (C=O) groups is 7. The zero-order valence-electron chi connectivity index (χ0n) is 45.8. The second kappa shape index (κ2) is 25.0. The standard InChI is InChI=1S/C58H62NO20P.K/c1-8-43(62)77-47(45(35-20-12-9-13-21-35)59-51(64)36-22-14-10-15-23-36)54(67)75-40-29-58(68)50(78-52(65)37-24-16-11-17-25-37)48-56(7,49(63)46(74-33(3)60)44(32(40)2)55(58,5)6)41(28-42-57(48,31-72-42)79-34(4)61)76-53(66)39-27-19-18-26-38(39)30-73-80(69,70)71;/h9-27,40-42,45-48,50,68H,8,28-31H2,1-7H3,(H,59,64)(H2,69,70,71);/q;+1/p-1/t40-,41-,42+,45-,46+,47+,48-,50-,56+,57-,58+;/m0./s1. The second-order valence-electron chi connectivity index (χ2n) is 20.9. The molecule has 1 aliphatic heterocycles. The van der Waals surface area contributed by atoms with E-state index in [0.29, 0.717) is 0 Å². The fourth-order valence-electron chi connectivity index (χ4n) is 11.8. The molecule has 1 heterocycles. The molecule has 3 N–H and O–H groups in total. The van der Waals surface area contributed by atoms with Crippen molar-refractivity contribution in [1.82, 2.24) is 0 Å². The number of hydrogen-bond acceptors (Lipinski definition) is 19. The van der Waals surface area contributed by atoms with Gasteiger partial charge in [0.1, 0.15) is 36.1 Å². The fraction of sp³-hybridized carbons (Fsp3) is 0.414. The monoisotopic (exact) mass is 1160 g/mol. The van der Waals surface area contributed by atoms with E-state index in [1.807, 2.05) is 0 Å². The number of nitrogens with zero attached hydrogens (tertiary/aromatic N) is 1. The van der Waals surface area contributed by atoms with Crippen molar-refractivity contribution in [2.24, 2.45) is 21.7 Å². The van der Waals surface area contributed by atoms with Crippen molar-refractivity contribution in [2.75, 3.05) is 6.61 Å². The molecule has 4 aliphatic rings. The predicted molar refractivity (Wildman–Crippen MR) is 277 cm³/mol. The molecule has 2 bridgehead atoms. The van der Waals surface area contributed by atoms with Gasteiger partial charge in [-0.15, -0.1) is 0 Å². The van der Waals surface area contributed by atoms with Crippen molar-refractivity contribution in [1.29, 1.82) is 0 Å². The third kappa shape index (κ3) is 12.5. The molecule has 3 fully saturated rings. The molecule has 8 rings (SSSR count). The van der Waals surface area contributed by atoms with Gasteiger partial charge in [0.2, 0.25) is 6.10 Å². The van der Waals surface area contributed by atoms with Gasteiger partial charge < -0.3 is 53.2 Å². The van der Waals surface area contributed by atoms with Gasteiger partial charge in [-0.1, -0.05) is 118 Å². The first-order valence-electron chi connectivity index (χ1n) is 25.7. The second-order valence-corrected chi connectivity index (χ2v) is 22.1. The van der Waals surface area contributed by atoms with E-state index in [2.05, 4.69) is 4.99 Å². The Hall–Kier alpha value is -5.75. The van der Waals surface area contributed by atoms with Gasteiger partial charge in [0.05, 0.1) is 35.7 Å². The number of phosphoric ester groups is 1. The van der Waals surface area contributed by atoms with Crippen LogP contribution in [0, 0.1) is 16.7 Å². The minimum absolute atomic E-state index is 0. The van der Waals surface area contributed by atoms with E-state index in [9.17, 15) is 48.5 Å². The van der Waals surface area contributed by atoms with Gasteiger partial charge in [-0.05, 0) is 65.8 Å². The maximum atomic E-state index is 16.5. The average molecular weight is 1160 g/mol. The van der Waals surface area contributed by atoms with Crippen molar-refractivity contribution in [2.45, 2.75) is 128 Å². The summed E-state index contributed by atoms with van der Waals surface area (Å²) >= 11 is 0. The summed E-state index contributed by atoms with van der Waals surface area (Å²) in [5, 5.41) is 28.1. The van der Waals surface area contributed by atoms with Gasteiger partial charge in [-0.3, -0.25) is 28.7 Å². The normalized spacial score (nSPS) is 27.3. The molecule has 0 spiro atoms. The number of esters is 6. The van der Waals surface area contributed by atoms with Crippen LogP contribution < -0.4 is 56.5 Å².